The third-order valence-corrected chi connectivity index (χ3v) is 5.79. The summed E-state index contributed by atoms with van der Waals surface area (Å²) in [4.78, 5) is 25.7. The fourth-order valence-corrected chi connectivity index (χ4v) is 4.07. The first-order chi connectivity index (χ1) is 15.2. The molecule has 4 aromatic rings. The van der Waals surface area contributed by atoms with E-state index in [0.29, 0.717) is 12.8 Å². The molecule has 2 aromatic heterocycles. The molecule has 6 N–H and O–H groups in total. The number of phenols is 4. The molecule has 10 nitrogen and oxygen atoms in total. The minimum Gasteiger partial charge on any atom is -0.507 e. The molecular weight excluding hydrogens is 424 g/mol. The van der Waals surface area contributed by atoms with Crippen molar-refractivity contribution >= 4 is 21.9 Å². The third kappa shape index (κ3) is 2.66. The molecular formula is C22H16O10. The van der Waals surface area contributed by atoms with E-state index < -0.39 is 62.8 Å². The second kappa shape index (κ2) is 6.58. The van der Waals surface area contributed by atoms with Crippen LogP contribution in [0.2, 0.25) is 0 Å². The molecule has 10 heteroatoms. The number of benzene rings is 2. The van der Waals surface area contributed by atoms with Gasteiger partial charge in [0, 0.05) is 5.92 Å². The van der Waals surface area contributed by atoms with Gasteiger partial charge in [0.15, 0.2) is 22.7 Å². The monoisotopic (exact) mass is 440 g/mol. The van der Waals surface area contributed by atoms with Crippen molar-refractivity contribution in [2.24, 2.45) is 5.92 Å². The van der Waals surface area contributed by atoms with Crippen molar-refractivity contribution in [1.29, 1.82) is 0 Å². The summed E-state index contributed by atoms with van der Waals surface area (Å²) in [7, 11) is 0. The Labute approximate surface area is 177 Å². The molecule has 164 valence electrons. The quantitative estimate of drug-likeness (QED) is 0.205. The number of fused-ring (bicyclic) bond motifs is 2. The molecule has 1 fully saturated rings. The molecule has 0 amide bonds. The van der Waals surface area contributed by atoms with Gasteiger partial charge in [-0.1, -0.05) is 0 Å². The maximum atomic E-state index is 12.8. The highest BCUT2D eigenvalue weighted by Gasteiger charge is 2.42. The van der Waals surface area contributed by atoms with Crippen molar-refractivity contribution in [2.75, 3.05) is 0 Å². The van der Waals surface area contributed by atoms with Crippen molar-refractivity contribution in [1.82, 2.24) is 0 Å². The van der Waals surface area contributed by atoms with E-state index in [4.69, 9.17) is 8.83 Å². The van der Waals surface area contributed by atoms with E-state index in [2.05, 4.69) is 0 Å². The molecule has 5 rings (SSSR count). The lowest BCUT2D eigenvalue weighted by molar-refractivity contribution is 0.389. The summed E-state index contributed by atoms with van der Waals surface area (Å²) in [6.45, 7) is 0. The molecule has 0 saturated heterocycles. The standard InChI is InChI=1S/C22H16O10/c23-10-5-3-8-15(25)13(21(29)31-19(8)17(10)27)12(7-1-2-7)14-16(26)9-4-6-11(24)18(28)20(9)32-22(14)30/h3-7,12,23-28H,1-2H2. The molecule has 1 saturated carbocycles. The van der Waals surface area contributed by atoms with Gasteiger partial charge in [-0.2, -0.15) is 0 Å². The summed E-state index contributed by atoms with van der Waals surface area (Å²) < 4.78 is 10.3. The Kier molecular flexibility index (Phi) is 4.03. The number of hydrogen-bond acceptors (Lipinski definition) is 10. The Morgan fingerprint density at radius 1 is 0.656 bits per heavy atom. The van der Waals surface area contributed by atoms with E-state index in [1.54, 1.807) is 0 Å². The van der Waals surface area contributed by atoms with Crippen molar-refractivity contribution in [2.45, 2.75) is 18.8 Å². The molecule has 0 atom stereocenters. The Hall–Kier alpha value is -4.34. The van der Waals surface area contributed by atoms with Crippen molar-refractivity contribution in [3.63, 3.8) is 0 Å². The SMILES string of the molecule is O=c1oc2c(O)c(O)ccc2c(O)c1C(c1c(O)c2ccc(O)c(O)c2oc1=O)C1CC1. The Bertz CT molecular complexity index is 1430. The number of aromatic hydroxyl groups is 6. The van der Waals surface area contributed by atoms with Gasteiger partial charge in [-0.15, -0.1) is 0 Å². The van der Waals surface area contributed by atoms with E-state index >= 15 is 0 Å². The molecule has 1 aliphatic rings. The van der Waals surface area contributed by atoms with Crippen LogP contribution in [-0.4, -0.2) is 30.6 Å². The fourth-order valence-electron chi connectivity index (χ4n) is 4.07. The molecule has 0 spiro atoms. The lowest BCUT2D eigenvalue weighted by Crippen LogP contribution is -2.21. The van der Waals surface area contributed by atoms with Crippen LogP contribution in [0.15, 0.2) is 42.7 Å². The predicted octanol–water partition coefficient (Wildman–Crippen LogP) is 2.67. The molecule has 0 radical (unpaired) electrons. The number of phenolic OH excluding ortho intramolecular Hbond substituents is 4. The minimum atomic E-state index is -1.11. The Morgan fingerprint density at radius 3 is 1.44 bits per heavy atom. The minimum absolute atomic E-state index is 0.0761. The van der Waals surface area contributed by atoms with Crippen LogP contribution in [0, 0.1) is 5.92 Å². The van der Waals surface area contributed by atoms with Gasteiger partial charge >= 0.3 is 11.3 Å². The molecule has 0 aliphatic heterocycles. The van der Waals surface area contributed by atoms with E-state index in [1.165, 1.54) is 12.1 Å². The highest BCUT2D eigenvalue weighted by Crippen LogP contribution is 2.51. The highest BCUT2D eigenvalue weighted by atomic mass is 16.4. The van der Waals surface area contributed by atoms with Crippen molar-refractivity contribution in [3.8, 4) is 34.5 Å². The van der Waals surface area contributed by atoms with Gasteiger partial charge < -0.3 is 39.5 Å². The first kappa shape index (κ1) is 19.6. The molecule has 1 aliphatic carbocycles. The van der Waals surface area contributed by atoms with Crippen LogP contribution >= 0.6 is 0 Å². The third-order valence-electron chi connectivity index (χ3n) is 5.79. The zero-order valence-electron chi connectivity index (χ0n) is 16.2. The second-order valence-corrected chi connectivity index (χ2v) is 7.74. The van der Waals surface area contributed by atoms with E-state index in [1.807, 2.05) is 0 Å². The average molecular weight is 440 g/mol. The van der Waals surface area contributed by atoms with Crippen LogP contribution in [0.3, 0.4) is 0 Å². The van der Waals surface area contributed by atoms with Gasteiger partial charge in [0.2, 0.25) is 11.5 Å². The Morgan fingerprint density at radius 2 is 1.06 bits per heavy atom. The van der Waals surface area contributed by atoms with Crippen LogP contribution in [0.5, 0.6) is 34.5 Å². The smallest absolute Gasteiger partial charge is 0.344 e. The first-order valence-electron chi connectivity index (χ1n) is 9.61. The largest absolute Gasteiger partial charge is 0.507 e. The second-order valence-electron chi connectivity index (χ2n) is 7.74. The maximum absolute atomic E-state index is 12.8. The van der Waals surface area contributed by atoms with E-state index in [-0.39, 0.29) is 27.8 Å². The van der Waals surface area contributed by atoms with Crippen molar-refractivity contribution in [3.05, 3.63) is 56.2 Å². The van der Waals surface area contributed by atoms with Crippen molar-refractivity contribution < 1.29 is 39.5 Å². The fraction of sp³-hybridized carbons (Fsp3) is 0.182. The summed E-state index contributed by atoms with van der Waals surface area (Å²) >= 11 is 0. The van der Waals surface area contributed by atoms with Gasteiger partial charge in [-0.05, 0) is 43.0 Å². The lowest BCUT2D eigenvalue weighted by atomic mass is 9.86. The highest BCUT2D eigenvalue weighted by molar-refractivity contribution is 5.92. The molecule has 0 unspecified atom stereocenters. The van der Waals surface area contributed by atoms with Crippen LogP contribution < -0.4 is 11.3 Å². The van der Waals surface area contributed by atoms with Gasteiger partial charge in [0.1, 0.15) is 11.5 Å². The van der Waals surface area contributed by atoms with E-state index in [9.17, 15) is 40.2 Å². The van der Waals surface area contributed by atoms with Crippen LogP contribution in [0.25, 0.3) is 21.9 Å². The molecule has 0 bridgehead atoms. The van der Waals surface area contributed by atoms with Gasteiger partial charge in [0.05, 0.1) is 21.9 Å². The van der Waals surface area contributed by atoms with Crippen LogP contribution in [-0.2, 0) is 0 Å². The zero-order valence-corrected chi connectivity index (χ0v) is 16.2. The Balaban J connectivity index is 1.83. The molecule has 2 aromatic carbocycles. The maximum Gasteiger partial charge on any atom is 0.344 e. The van der Waals surface area contributed by atoms with Crippen LogP contribution in [0.1, 0.15) is 29.9 Å². The van der Waals surface area contributed by atoms with Gasteiger partial charge in [-0.3, -0.25) is 0 Å². The summed E-state index contributed by atoms with van der Waals surface area (Å²) in [5.41, 5.74) is -3.62. The van der Waals surface area contributed by atoms with Crippen LogP contribution in [0.4, 0.5) is 0 Å². The first-order valence-corrected chi connectivity index (χ1v) is 9.61. The summed E-state index contributed by atoms with van der Waals surface area (Å²) in [5.74, 6) is -5.12. The lowest BCUT2D eigenvalue weighted by Gasteiger charge is -2.19. The average Bonchev–Trinajstić information content (AvgIpc) is 3.58. The summed E-state index contributed by atoms with van der Waals surface area (Å²) in [6, 6.07) is 4.67. The number of hydrogen-bond donors (Lipinski definition) is 6. The molecule has 32 heavy (non-hydrogen) atoms. The summed E-state index contributed by atoms with van der Waals surface area (Å²) in [6.07, 6.45) is 1.17. The molecule has 2 heterocycles. The predicted molar refractivity (Wildman–Crippen MR) is 110 cm³/mol. The van der Waals surface area contributed by atoms with Gasteiger partial charge in [0.25, 0.3) is 0 Å². The van der Waals surface area contributed by atoms with E-state index in [0.717, 1.165) is 12.1 Å². The zero-order chi connectivity index (χ0) is 22.9. The normalized spacial score (nSPS) is 13.9. The van der Waals surface area contributed by atoms with Gasteiger partial charge in [-0.25, -0.2) is 9.59 Å². The number of rotatable bonds is 3. The summed E-state index contributed by atoms with van der Waals surface area (Å²) in [5, 5.41) is 60.9. The topological polar surface area (TPSA) is 182 Å².